The number of aromatic amines is 1. The zero-order chi connectivity index (χ0) is 21.7. The van der Waals surface area contributed by atoms with Crippen molar-refractivity contribution in [2.45, 2.75) is 19.4 Å². The minimum atomic E-state index is -1.16. The molecule has 30 heavy (non-hydrogen) atoms. The van der Waals surface area contributed by atoms with E-state index in [9.17, 15) is 18.4 Å². The number of hydrogen-bond acceptors (Lipinski definition) is 5. The van der Waals surface area contributed by atoms with E-state index in [-0.39, 0.29) is 23.9 Å². The Balaban J connectivity index is 1.67. The summed E-state index contributed by atoms with van der Waals surface area (Å²) in [6.07, 6.45) is 7.56. The van der Waals surface area contributed by atoms with Crippen LogP contribution in [-0.2, 0) is 11.2 Å². The smallest absolute Gasteiger partial charge is 0.291 e. The van der Waals surface area contributed by atoms with Crippen molar-refractivity contribution in [3.8, 4) is 5.75 Å². The molecule has 0 spiro atoms. The maximum absolute atomic E-state index is 13.9. The van der Waals surface area contributed by atoms with Gasteiger partial charge in [-0.25, -0.2) is 13.8 Å². The van der Waals surface area contributed by atoms with Gasteiger partial charge in [0.05, 0.1) is 0 Å². The third kappa shape index (κ3) is 4.77. The molecule has 156 valence electrons. The number of rotatable bonds is 6. The summed E-state index contributed by atoms with van der Waals surface area (Å²) in [7, 11) is 0. The van der Waals surface area contributed by atoms with Crippen LogP contribution in [-0.4, -0.2) is 39.6 Å². The van der Waals surface area contributed by atoms with Gasteiger partial charge in [0.15, 0.2) is 5.82 Å². The van der Waals surface area contributed by atoms with Crippen molar-refractivity contribution in [1.82, 2.24) is 20.5 Å². The second-order valence-electron chi connectivity index (χ2n) is 6.33. The van der Waals surface area contributed by atoms with Gasteiger partial charge in [-0.3, -0.25) is 14.7 Å². The number of ether oxygens (including phenoxy) is 1. The van der Waals surface area contributed by atoms with E-state index in [4.69, 9.17) is 4.74 Å². The first-order valence-electron chi connectivity index (χ1n) is 9.00. The number of nitrogens with zero attached hydrogens (tertiary/aromatic N) is 2. The van der Waals surface area contributed by atoms with Gasteiger partial charge in [-0.1, -0.05) is 30.9 Å². The van der Waals surface area contributed by atoms with Crippen molar-refractivity contribution in [2.75, 3.05) is 11.9 Å². The molecule has 1 atom stereocenters. The van der Waals surface area contributed by atoms with Crippen LogP contribution in [0.1, 0.15) is 23.4 Å². The van der Waals surface area contributed by atoms with Crippen LogP contribution in [0.4, 0.5) is 14.5 Å². The van der Waals surface area contributed by atoms with E-state index < -0.39 is 29.5 Å². The van der Waals surface area contributed by atoms with E-state index in [1.807, 2.05) is 19.1 Å². The highest BCUT2D eigenvalue weighted by molar-refractivity contribution is 6.01. The highest BCUT2D eigenvalue weighted by Gasteiger charge is 2.29. The maximum Gasteiger partial charge on any atom is 0.291 e. The Morgan fingerprint density at radius 1 is 1.43 bits per heavy atom. The van der Waals surface area contributed by atoms with Gasteiger partial charge in [0, 0.05) is 18.6 Å². The molecule has 1 aliphatic rings. The molecule has 1 aromatic heterocycles. The highest BCUT2D eigenvalue weighted by atomic mass is 19.1. The molecule has 2 aromatic rings. The molecule has 2 amide bonds. The SMILES string of the molecule is C=C/C=C\C(=C/C)Cc1nc(C(=O)NC2COc3cc(F)cc(F)c3NC2=O)n[nH]1. The second kappa shape index (κ2) is 9.12. The van der Waals surface area contributed by atoms with Crippen LogP contribution in [0.15, 0.2) is 48.6 Å². The Bertz CT molecular complexity index is 1050. The Hall–Kier alpha value is -3.82. The van der Waals surface area contributed by atoms with Crippen LogP contribution in [0.3, 0.4) is 0 Å². The molecule has 0 saturated heterocycles. The van der Waals surface area contributed by atoms with Crippen LogP contribution < -0.4 is 15.4 Å². The normalized spacial score (nSPS) is 16.4. The molecule has 0 aliphatic carbocycles. The van der Waals surface area contributed by atoms with Crippen molar-refractivity contribution in [3.63, 3.8) is 0 Å². The van der Waals surface area contributed by atoms with Crippen LogP contribution in [0.25, 0.3) is 0 Å². The zero-order valence-corrected chi connectivity index (χ0v) is 16.0. The van der Waals surface area contributed by atoms with Gasteiger partial charge in [-0.15, -0.1) is 5.10 Å². The zero-order valence-electron chi connectivity index (χ0n) is 16.0. The monoisotopic (exact) mass is 415 g/mol. The van der Waals surface area contributed by atoms with Gasteiger partial charge < -0.3 is 15.4 Å². The van der Waals surface area contributed by atoms with E-state index in [1.165, 1.54) is 0 Å². The van der Waals surface area contributed by atoms with Gasteiger partial charge in [0.1, 0.15) is 35.7 Å². The number of amides is 2. The lowest BCUT2D eigenvalue weighted by Gasteiger charge is -2.13. The van der Waals surface area contributed by atoms with E-state index >= 15 is 0 Å². The molecule has 0 saturated carbocycles. The van der Waals surface area contributed by atoms with Crippen molar-refractivity contribution < 1.29 is 23.1 Å². The van der Waals surface area contributed by atoms with Crippen LogP contribution in [0.5, 0.6) is 5.75 Å². The minimum absolute atomic E-state index is 0.163. The second-order valence-corrected chi connectivity index (χ2v) is 6.33. The standard InChI is InChI=1S/C20H19F2N5O3/c1-3-5-6-11(4-2)7-16-24-18(27-26-16)20(29)23-14-10-30-15-9-12(21)8-13(22)17(15)25-19(14)28/h3-6,8-9,14H,1,7,10H2,2H3,(H,23,29)(H,25,28)(H,24,26,27)/b6-5-,11-4+. The van der Waals surface area contributed by atoms with Gasteiger partial charge >= 0.3 is 0 Å². The number of allylic oxidation sites excluding steroid dienone is 5. The largest absolute Gasteiger partial charge is 0.488 e. The molecular formula is C20H19F2N5O3. The molecule has 10 heteroatoms. The van der Waals surface area contributed by atoms with Gasteiger partial charge in [-0.2, -0.15) is 0 Å². The van der Waals surface area contributed by atoms with Crippen molar-refractivity contribution in [2.24, 2.45) is 0 Å². The Morgan fingerprint density at radius 3 is 2.97 bits per heavy atom. The number of nitrogens with one attached hydrogen (secondary N) is 3. The summed E-state index contributed by atoms with van der Waals surface area (Å²) in [5.41, 5.74) is 0.645. The predicted octanol–water partition coefficient (Wildman–Crippen LogP) is 2.44. The summed E-state index contributed by atoms with van der Waals surface area (Å²) >= 11 is 0. The van der Waals surface area contributed by atoms with E-state index in [2.05, 4.69) is 32.4 Å². The number of benzene rings is 1. The quantitative estimate of drug-likeness (QED) is 0.628. The van der Waals surface area contributed by atoms with Crippen molar-refractivity contribution >= 4 is 17.5 Å². The number of hydrogen-bond donors (Lipinski definition) is 3. The molecule has 3 rings (SSSR count). The number of fused-ring (bicyclic) bond motifs is 1. The first kappa shape index (κ1) is 20.9. The molecule has 1 aromatic carbocycles. The number of aromatic nitrogens is 3. The van der Waals surface area contributed by atoms with Crippen molar-refractivity contribution in [3.05, 3.63) is 71.9 Å². The summed E-state index contributed by atoms with van der Waals surface area (Å²) in [6, 6.07) is 0.417. The first-order valence-corrected chi connectivity index (χ1v) is 9.00. The Labute approximate surface area is 170 Å². The maximum atomic E-state index is 13.9. The predicted molar refractivity (Wildman–Crippen MR) is 105 cm³/mol. The Kier molecular flexibility index (Phi) is 6.35. The fraction of sp³-hybridized carbons (Fsp3) is 0.200. The lowest BCUT2D eigenvalue weighted by molar-refractivity contribution is -0.118. The number of H-pyrrole nitrogens is 1. The number of carbonyl (C=O) groups excluding carboxylic acids is 2. The summed E-state index contributed by atoms with van der Waals surface area (Å²) < 4.78 is 32.5. The van der Waals surface area contributed by atoms with Crippen LogP contribution in [0.2, 0.25) is 0 Å². The molecule has 8 nitrogen and oxygen atoms in total. The Morgan fingerprint density at radius 2 is 2.23 bits per heavy atom. The lowest BCUT2D eigenvalue weighted by atomic mass is 10.1. The fourth-order valence-electron chi connectivity index (χ4n) is 2.69. The molecule has 1 unspecified atom stereocenters. The van der Waals surface area contributed by atoms with Gasteiger partial charge in [0.2, 0.25) is 5.82 Å². The molecular weight excluding hydrogens is 396 g/mol. The summed E-state index contributed by atoms with van der Waals surface area (Å²) in [5, 5.41) is 11.3. The summed E-state index contributed by atoms with van der Waals surface area (Å²) in [5.74, 6) is -3.14. The first-order chi connectivity index (χ1) is 14.4. The molecule has 3 N–H and O–H groups in total. The third-order valence-corrected chi connectivity index (χ3v) is 4.22. The lowest BCUT2D eigenvalue weighted by Crippen LogP contribution is -2.46. The number of carbonyl (C=O) groups is 2. The third-order valence-electron chi connectivity index (χ3n) is 4.22. The van der Waals surface area contributed by atoms with E-state index in [0.717, 1.165) is 11.6 Å². The molecule has 1 aliphatic heterocycles. The van der Waals surface area contributed by atoms with Crippen molar-refractivity contribution in [1.29, 1.82) is 0 Å². The number of halogens is 2. The van der Waals surface area contributed by atoms with Gasteiger partial charge in [-0.05, 0) is 12.5 Å². The van der Waals surface area contributed by atoms with Crippen LogP contribution >= 0.6 is 0 Å². The van der Waals surface area contributed by atoms with Gasteiger partial charge in [0.25, 0.3) is 11.8 Å². The summed E-state index contributed by atoms with van der Waals surface area (Å²) in [6.45, 7) is 5.15. The molecule has 0 radical (unpaired) electrons. The topological polar surface area (TPSA) is 109 Å². The van der Waals surface area contributed by atoms with E-state index in [1.54, 1.807) is 12.2 Å². The molecule has 0 fully saturated rings. The minimum Gasteiger partial charge on any atom is -0.488 e. The average molecular weight is 415 g/mol. The number of anilines is 1. The molecule has 2 heterocycles. The fourth-order valence-corrected chi connectivity index (χ4v) is 2.69. The van der Waals surface area contributed by atoms with E-state index in [0.29, 0.717) is 18.3 Å². The summed E-state index contributed by atoms with van der Waals surface area (Å²) in [4.78, 5) is 28.9. The average Bonchev–Trinajstić information content (AvgIpc) is 3.12. The molecule has 0 bridgehead atoms. The highest BCUT2D eigenvalue weighted by Crippen LogP contribution is 2.30. The van der Waals surface area contributed by atoms with Crippen LogP contribution in [0, 0.1) is 11.6 Å².